The SMILES string of the molecule is CN1CCc2cc(CNC3CC4CCC3C4)ccc21. The first kappa shape index (κ1) is 11.8. The minimum absolute atomic E-state index is 0.801. The number of hydrogen-bond acceptors (Lipinski definition) is 2. The number of benzene rings is 1. The van der Waals surface area contributed by atoms with Crippen LogP contribution in [0.5, 0.6) is 0 Å². The Hall–Kier alpha value is -1.02. The lowest BCUT2D eigenvalue weighted by Crippen LogP contribution is -2.33. The van der Waals surface area contributed by atoms with Crippen LogP contribution in [0.1, 0.15) is 36.8 Å². The zero-order valence-electron chi connectivity index (χ0n) is 11.9. The molecule has 2 bridgehead atoms. The van der Waals surface area contributed by atoms with Crippen molar-refractivity contribution < 1.29 is 0 Å². The van der Waals surface area contributed by atoms with Gasteiger partial charge < -0.3 is 10.2 Å². The highest BCUT2D eigenvalue weighted by molar-refractivity contribution is 5.58. The summed E-state index contributed by atoms with van der Waals surface area (Å²) in [6.45, 7) is 2.24. The maximum absolute atomic E-state index is 3.82. The first-order valence-electron chi connectivity index (χ1n) is 7.86. The van der Waals surface area contributed by atoms with Crippen molar-refractivity contribution in [2.45, 2.75) is 44.7 Å². The number of rotatable bonds is 3. The van der Waals surface area contributed by atoms with Gasteiger partial charge in [-0.15, -0.1) is 0 Å². The van der Waals surface area contributed by atoms with Crippen molar-refractivity contribution in [2.75, 3.05) is 18.5 Å². The molecule has 2 aliphatic carbocycles. The molecule has 19 heavy (non-hydrogen) atoms. The molecule has 0 saturated heterocycles. The molecule has 0 aromatic heterocycles. The van der Waals surface area contributed by atoms with Crippen LogP contribution < -0.4 is 10.2 Å². The van der Waals surface area contributed by atoms with Gasteiger partial charge in [0.25, 0.3) is 0 Å². The first-order chi connectivity index (χ1) is 9.29. The fraction of sp³-hybridized carbons (Fsp3) is 0.647. The number of fused-ring (bicyclic) bond motifs is 3. The molecule has 3 atom stereocenters. The zero-order chi connectivity index (χ0) is 12.8. The summed E-state index contributed by atoms with van der Waals surface area (Å²) in [4.78, 5) is 2.36. The molecule has 2 nitrogen and oxygen atoms in total. The van der Waals surface area contributed by atoms with Gasteiger partial charge in [0.05, 0.1) is 0 Å². The van der Waals surface area contributed by atoms with Crippen molar-refractivity contribution in [3.8, 4) is 0 Å². The molecular formula is C17H24N2. The molecular weight excluding hydrogens is 232 g/mol. The highest BCUT2D eigenvalue weighted by Crippen LogP contribution is 2.44. The molecule has 1 heterocycles. The summed E-state index contributed by atoms with van der Waals surface area (Å²) in [5.74, 6) is 2.02. The number of nitrogens with one attached hydrogen (secondary N) is 1. The largest absolute Gasteiger partial charge is 0.374 e. The molecule has 0 amide bonds. The van der Waals surface area contributed by atoms with E-state index in [9.17, 15) is 0 Å². The maximum Gasteiger partial charge on any atom is 0.0397 e. The van der Waals surface area contributed by atoms with Gasteiger partial charge in [0.2, 0.25) is 0 Å². The maximum atomic E-state index is 3.82. The van der Waals surface area contributed by atoms with Crippen LogP contribution in [0.25, 0.3) is 0 Å². The van der Waals surface area contributed by atoms with Crippen molar-refractivity contribution in [1.29, 1.82) is 0 Å². The van der Waals surface area contributed by atoms with E-state index in [0.717, 1.165) is 24.4 Å². The van der Waals surface area contributed by atoms with E-state index in [1.807, 2.05) is 0 Å². The van der Waals surface area contributed by atoms with E-state index < -0.39 is 0 Å². The Bertz CT molecular complexity index is 482. The predicted octanol–water partition coefficient (Wildman–Crippen LogP) is 2.96. The third-order valence-corrected chi connectivity index (χ3v) is 5.58. The Morgan fingerprint density at radius 3 is 3.00 bits per heavy atom. The molecule has 1 aliphatic heterocycles. The first-order valence-corrected chi connectivity index (χ1v) is 7.86. The summed E-state index contributed by atoms with van der Waals surface area (Å²) < 4.78 is 0. The summed E-state index contributed by atoms with van der Waals surface area (Å²) in [7, 11) is 2.19. The third kappa shape index (κ3) is 2.06. The molecule has 2 saturated carbocycles. The van der Waals surface area contributed by atoms with E-state index in [4.69, 9.17) is 0 Å². The Morgan fingerprint density at radius 2 is 2.21 bits per heavy atom. The summed E-state index contributed by atoms with van der Waals surface area (Å²) in [5.41, 5.74) is 4.44. The predicted molar refractivity (Wildman–Crippen MR) is 79.5 cm³/mol. The van der Waals surface area contributed by atoms with E-state index in [2.05, 4.69) is 35.5 Å². The summed E-state index contributed by atoms with van der Waals surface area (Å²) in [5, 5.41) is 3.82. The monoisotopic (exact) mass is 256 g/mol. The van der Waals surface area contributed by atoms with Crippen molar-refractivity contribution in [3.05, 3.63) is 29.3 Å². The van der Waals surface area contributed by atoms with Gasteiger partial charge in [0.1, 0.15) is 0 Å². The number of anilines is 1. The highest BCUT2D eigenvalue weighted by Gasteiger charge is 2.38. The minimum atomic E-state index is 0.801. The van der Waals surface area contributed by atoms with Gasteiger partial charge in [-0.1, -0.05) is 18.6 Å². The lowest BCUT2D eigenvalue weighted by molar-refractivity contribution is 0.350. The van der Waals surface area contributed by atoms with Crippen molar-refractivity contribution in [2.24, 2.45) is 11.8 Å². The highest BCUT2D eigenvalue weighted by atomic mass is 15.1. The number of likely N-dealkylation sites (N-methyl/N-ethyl adjacent to an activating group) is 1. The van der Waals surface area contributed by atoms with E-state index in [1.165, 1.54) is 55.5 Å². The number of hydrogen-bond donors (Lipinski definition) is 1. The van der Waals surface area contributed by atoms with Crippen LogP contribution in [0, 0.1) is 11.8 Å². The van der Waals surface area contributed by atoms with E-state index in [-0.39, 0.29) is 0 Å². The Labute approximate surface area is 116 Å². The Balaban J connectivity index is 1.41. The quantitative estimate of drug-likeness (QED) is 0.894. The van der Waals surface area contributed by atoms with Gasteiger partial charge in [-0.05, 0) is 54.7 Å². The van der Waals surface area contributed by atoms with Gasteiger partial charge in [-0.25, -0.2) is 0 Å². The molecule has 3 aliphatic rings. The standard InChI is InChI=1S/C17H24N2/c1-19-7-6-15-9-13(3-5-17(15)19)11-18-16-10-12-2-4-14(16)8-12/h3,5,9,12,14,16,18H,2,4,6-8,10-11H2,1H3. The van der Waals surface area contributed by atoms with Gasteiger partial charge in [0, 0.05) is 31.9 Å². The van der Waals surface area contributed by atoms with Crippen LogP contribution in [0.3, 0.4) is 0 Å². The molecule has 1 aromatic rings. The van der Waals surface area contributed by atoms with Crippen molar-refractivity contribution >= 4 is 5.69 Å². The lowest BCUT2D eigenvalue weighted by atomic mass is 9.95. The molecule has 2 fully saturated rings. The second-order valence-electron chi connectivity index (χ2n) is 6.80. The van der Waals surface area contributed by atoms with Crippen molar-refractivity contribution in [1.82, 2.24) is 5.32 Å². The average molecular weight is 256 g/mol. The smallest absolute Gasteiger partial charge is 0.0397 e. The van der Waals surface area contributed by atoms with Crippen molar-refractivity contribution in [3.63, 3.8) is 0 Å². The molecule has 1 N–H and O–H groups in total. The van der Waals surface area contributed by atoms with Crippen LogP contribution in [-0.2, 0) is 13.0 Å². The number of nitrogens with zero attached hydrogens (tertiary/aromatic N) is 1. The molecule has 102 valence electrons. The van der Waals surface area contributed by atoms with Gasteiger partial charge in [0.15, 0.2) is 0 Å². The minimum Gasteiger partial charge on any atom is -0.374 e. The Morgan fingerprint density at radius 1 is 1.26 bits per heavy atom. The van der Waals surface area contributed by atoms with Gasteiger partial charge >= 0.3 is 0 Å². The van der Waals surface area contributed by atoms with E-state index in [0.29, 0.717) is 0 Å². The normalized spacial score (nSPS) is 32.1. The average Bonchev–Trinajstić information content (AvgIpc) is 3.12. The topological polar surface area (TPSA) is 15.3 Å². The van der Waals surface area contributed by atoms with E-state index >= 15 is 0 Å². The van der Waals surface area contributed by atoms with Crippen LogP contribution in [-0.4, -0.2) is 19.6 Å². The molecule has 0 radical (unpaired) electrons. The molecule has 1 aromatic carbocycles. The fourth-order valence-corrected chi connectivity index (χ4v) is 4.47. The second kappa shape index (κ2) is 4.52. The zero-order valence-corrected chi connectivity index (χ0v) is 11.9. The van der Waals surface area contributed by atoms with Gasteiger partial charge in [-0.3, -0.25) is 0 Å². The molecule has 0 spiro atoms. The molecule has 3 unspecified atom stereocenters. The third-order valence-electron chi connectivity index (χ3n) is 5.58. The Kier molecular flexibility index (Phi) is 2.80. The second-order valence-corrected chi connectivity index (χ2v) is 6.80. The van der Waals surface area contributed by atoms with Gasteiger partial charge in [-0.2, -0.15) is 0 Å². The lowest BCUT2D eigenvalue weighted by Gasteiger charge is -2.23. The molecule has 4 rings (SSSR count). The van der Waals surface area contributed by atoms with E-state index in [1.54, 1.807) is 0 Å². The summed E-state index contributed by atoms with van der Waals surface area (Å²) >= 11 is 0. The van der Waals surface area contributed by atoms with Crippen LogP contribution in [0.4, 0.5) is 5.69 Å². The summed E-state index contributed by atoms with van der Waals surface area (Å²) in [6.07, 6.45) is 7.10. The fourth-order valence-electron chi connectivity index (χ4n) is 4.47. The summed E-state index contributed by atoms with van der Waals surface area (Å²) in [6, 6.07) is 7.83. The van der Waals surface area contributed by atoms with Crippen LogP contribution in [0.15, 0.2) is 18.2 Å². The molecule has 2 heteroatoms. The van der Waals surface area contributed by atoms with Crippen LogP contribution in [0.2, 0.25) is 0 Å². The van der Waals surface area contributed by atoms with Crippen LogP contribution >= 0.6 is 0 Å².